The molecule has 0 amide bonds. The lowest BCUT2D eigenvalue weighted by Crippen LogP contribution is -2.50. The largest absolute Gasteiger partial charge is 0.243 e. The first-order chi connectivity index (χ1) is 13.2. The molecule has 1 heterocycles. The van der Waals surface area contributed by atoms with E-state index in [0.717, 1.165) is 17.5 Å². The molecule has 1 aliphatic rings. The van der Waals surface area contributed by atoms with E-state index in [9.17, 15) is 16.8 Å². The van der Waals surface area contributed by atoms with Crippen LogP contribution in [0.4, 0.5) is 0 Å². The quantitative estimate of drug-likeness (QED) is 0.742. The van der Waals surface area contributed by atoms with E-state index >= 15 is 0 Å². The third-order valence-electron chi connectivity index (χ3n) is 5.12. The molecule has 0 bridgehead atoms. The molecule has 0 radical (unpaired) electrons. The molecule has 2 aromatic carbocycles. The summed E-state index contributed by atoms with van der Waals surface area (Å²) >= 11 is 0. The van der Waals surface area contributed by atoms with Crippen molar-refractivity contribution in [2.45, 2.75) is 37.0 Å². The van der Waals surface area contributed by atoms with Crippen molar-refractivity contribution in [2.75, 3.05) is 26.2 Å². The summed E-state index contributed by atoms with van der Waals surface area (Å²) in [5.41, 5.74) is 2.77. The van der Waals surface area contributed by atoms with Crippen molar-refractivity contribution < 1.29 is 16.8 Å². The number of rotatable bonds is 5. The van der Waals surface area contributed by atoms with E-state index in [1.54, 1.807) is 31.2 Å². The number of nitrogens with zero attached hydrogens (tertiary/aromatic N) is 2. The van der Waals surface area contributed by atoms with Crippen molar-refractivity contribution in [1.29, 1.82) is 0 Å². The lowest BCUT2D eigenvalue weighted by Gasteiger charge is -2.33. The van der Waals surface area contributed by atoms with Crippen LogP contribution in [0.3, 0.4) is 0 Å². The van der Waals surface area contributed by atoms with Crippen LogP contribution in [0.1, 0.15) is 23.6 Å². The van der Waals surface area contributed by atoms with E-state index in [-0.39, 0.29) is 36.0 Å². The van der Waals surface area contributed by atoms with Crippen molar-refractivity contribution in [3.8, 4) is 0 Å². The predicted octanol–water partition coefficient (Wildman–Crippen LogP) is 2.56. The molecule has 0 aromatic heterocycles. The Balaban J connectivity index is 1.76. The fraction of sp³-hybridized carbons (Fsp3) is 0.400. The minimum Gasteiger partial charge on any atom is -0.207 e. The Morgan fingerprint density at radius 2 is 1.32 bits per heavy atom. The van der Waals surface area contributed by atoms with E-state index in [1.807, 2.05) is 32.0 Å². The Bertz CT molecular complexity index is 1050. The van der Waals surface area contributed by atoms with Crippen LogP contribution in [-0.4, -0.2) is 51.6 Å². The normalized spacial score (nSPS) is 17.0. The summed E-state index contributed by atoms with van der Waals surface area (Å²) in [5, 5.41) is 0. The van der Waals surface area contributed by atoms with Gasteiger partial charge in [-0.25, -0.2) is 16.8 Å². The smallest absolute Gasteiger partial charge is 0.207 e. The van der Waals surface area contributed by atoms with Gasteiger partial charge in [-0.15, -0.1) is 0 Å². The molecule has 8 heteroatoms. The highest BCUT2D eigenvalue weighted by molar-refractivity contribution is 7.89. The summed E-state index contributed by atoms with van der Waals surface area (Å²) in [5.74, 6) is 0. The third kappa shape index (κ3) is 4.00. The molecule has 0 unspecified atom stereocenters. The number of piperazine rings is 1. The molecule has 0 spiro atoms. The maximum atomic E-state index is 13.0. The second kappa shape index (κ2) is 7.94. The Morgan fingerprint density at radius 3 is 1.82 bits per heavy atom. The highest BCUT2D eigenvalue weighted by atomic mass is 32.2. The standard InChI is InChI=1S/C20H26N2O4S2/c1-4-18-6-8-19(9-7-18)27(23,24)21-11-13-22(14-12-21)28(25,26)20-10-5-16(2)15-17(20)3/h5-10,15H,4,11-14H2,1-3H3. The maximum absolute atomic E-state index is 13.0. The summed E-state index contributed by atoms with van der Waals surface area (Å²) < 4.78 is 54.4. The topological polar surface area (TPSA) is 74.8 Å². The lowest BCUT2D eigenvalue weighted by molar-refractivity contribution is 0.272. The third-order valence-corrected chi connectivity index (χ3v) is 9.09. The van der Waals surface area contributed by atoms with E-state index in [0.29, 0.717) is 5.56 Å². The summed E-state index contributed by atoms with van der Waals surface area (Å²) in [4.78, 5) is 0.528. The Kier molecular flexibility index (Phi) is 5.95. The zero-order valence-electron chi connectivity index (χ0n) is 16.4. The van der Waals surface area contributed by atoms with Gasteiger partial charge in [0.25, 0.3) is 0 Å². The van der Waals surface area contributed by atoms with Gasteiger partial charge in [0, 0.05) is 26.2 Å². The number of aryl methyl sites for hydroxylation is 3. The second-order valence-electron chi connectivity index (χ2n) is 7.07. The van der Waals surface area contributed by atoms with E-state index in [1.165, 1.54) is 8.61 Å². The van der Waals surface area contributed by atoms with Crippen LogP contribution in [0, 0.1) is 13.8 Å². The maximum Gasteiger partial charge on any atom is 0.243 e. The van der Waals surface area contributed by atoms with Gasteiger partial charge in [0.2, 0.25) is 20.0 Å². The van der Waals surface area contributed by atoms with Crippen LogP contribution in [-0.2, 0) is 26.5 Å². The SMILES string of the molecule is CCc1ccc(S(=O)(=O)N2CCN(S(=O)(=O)c3ccc(C)cc3C)CC2)cc1. The number of hydrogen-bond donors (Lipinski definition) is 0. The molecule has 1 fully saturated rings. The molecule has 0 N–H and O–H groups in total. The molecule has 0 aliphatic carbocycles. The lowest BCUT2D eigenvalue weighted by atomic mass is 10.2. The van der Waals surface area contributed by atoms with Crippen molar-refractivity contribution in [3.63, 3.8) is 0 Å². The van der Waals surface area contributed by atoms with E-state index in [2.05, 4.69) is 0 Å². The molecule has 2 aromatic rings. The molecular weight excluding hydrogens is 396 g/mol. The fourth-order valence-corrected chi connectivity index (χ4v) is 6.47. The van der Waals surface area contributed by atoms with Crippen molar-refractivity contribution in [2.24, 2.45) is 0 Å². The van der Waals surface area contributed by atoms with Crippen molar-refractivity contribution in [3.05, 3.63) is 59.2 Å². The molecule has 3 rings (SSSR count). The van der Waals surface area contributed by atoms with E-state index in [4.69, 9.17) is 0 Å². The van der Waals surface area contributed by atoms with Crippen LogP contribution in [0.2, 0.25) is 0 Å². The molecule has 0 saturated carbocycles. The van der Waals surface area contributed by atoms with Gasteiger partial charge in [-0.05, 0) is 49.6 Å². The van der Waals surface area contributed by atoms with Crippen LogP contribution >= 0.6 is 0 Å². The minimum absolute atomic E-state index is 0.141. The van der Waals surface area contributed by atoms with Gasteiger partial charge in [-0.2, -0.15) is 8.61 Å². The molecule has 1 aliphatic heterocycles. The van der Waals surface area contributed by atoms with Gasteiger partial charge in [0.15, 0.2) is 0 Å². The zero-order valence-corrected chi connectivity index (χ0v) is 18.1. The van der Waals surface area contributed by atoms with Crippen molar-refractivity contribution >= 4 is 20.0 Å². The summed E-state index contributed by atoms with van der Waals surface area (Å²) in [6, 6.07) is 12.1. The molecular formula is C20H26N2O4S2. The minimum atomic E-state index is -3.64. The summed E-state index contributed by atoms with van der Waals surface area (Å²) in [6.07, 6.45) is 0.843. The summed E-state index contributed by atoms with van der Waals surface area (Å²) in [6.45, 7) is 6.27. The van der Waals surface area contributed by atoms with Gasteiger partial charge >= 0.3 is 0 Å². The van der Waals surface area contributed by atoms with Crippen molar-refractivity contribution in [1.82, 2.24) is 8.61 Å². The monoisotopic (exact) mass is 422 g/mol. The fourth-order valence-electron chi connectivity index (χ4n) is 3.42. The van der Waals surface area contributed by atoms with E-state index < -0.39 is 20.0 Å². The average Bonchev–Trinajstić information content (AvgIpc) is 2.68. The number of sulfonamides is 2. The van der Waals surface area contributed by atoms with Gasteiger partial charge in [0.05, 0.1) is 9.79 Å². The average molecular weight is 423 g/mol. The van der Waals surface area contributed by atoms with Gasteiger partial charge in [-0.3, -0.25) is 0 Å². The number of hydrogen-bond acceptors (Lipinski definition) is 4. The zero-order chi connectivity index (χ0) is 20.5. The molecule has 1 saturated heterocycles. The van der Waals surface area contributed by atoms with Gasteiger partial charge in [-0.1, -0.05) is 36.8 Å². The Hall–Kier alpha value is -1.74. The van der Waals surface area contributed by atoms with Gasteiger partial charge in [0.1, 0.15) is 0 Å². The Labute approximate surface area is 167 Å². The first kappa shape index (κ1) is 21.0. The second-order valence-corrected chi connectivity index (χ2v) is 10.9. The van der Waals surface area contributed by atoms with Crippen LogP contribution in [0.25, 0.3) is 0 Å². The van der Waals surface area contributed by atoms with Crippen LogP contribution in [0.5, 0.6) is 0 Å². The molecule has 6 nitrogen and oxygen atoms in total. The molecule has 152 valence electrons. The highest BCUT2D eigenvalue weighted by Gasteiger charge is 2.34. The van der Waals surface area contributed by atoms with Crippen LogP contribution < -0.4 is 0 Å². The first-order valence-corrected chi connectivity index (χ1v) is 12.2. The summed E-state index contributed by atoms with van der Waals surface area (Å²) in [7, 11) is -7.26. The first-order valence-electron chi connectivity index (χ1n) is 9.33. The highest BCUT2D eigenvalue weighted by Crippen LogP contribution is 2.24. The van der Waals surface area contributed by atoms with Gasteiger partial charge < -0.3 is 0 Å². The molecule has 28 heavy (non-hydrogen) atoms. The molecule has 0 atom stereocenters. The van der Waals surface area contributed by atoms with Crippen LogP contribution in [0.15, 0.2) is 52.3 Å². The predicted molar refractivity (Wildman–Crippen MR) is 109 cm³/mol. The Morgan fingerprint density at radius 1 is 0.786 bits per heavy atom. The number of benzene rings is 2.